The Hall–Kier alpha value is -2.63. The third-order valence-electron chi connectivity index (χ3n) is 14.4. The van der Waals surface area contributed by atoms with Gasteiger partial charge in [0.25, 0.3) is 0 Å². The lowest BCUT2D eigenvalue weighted by Crippen LogP contribution is -2.30. The van der Waals surface area contributed by atoms with Gasteiger partial charge in [-0.15, -0.1) is 0 Å². The number of carbonyl (C=O) groups excluding carboxylic acids is 3. The van der Waals surface area contributed by atoms with Gasteiger partial charge in [0.2, 0.25) is 0 Å². The number of ether oxygens (including phenoxy) is 3. The van der Waals surface area contributed by atoms with Crippen LogP contribution in [0.4, 0.5) is 0 Å². The highest BCUT2D eigenvalue weighted by Crippen LogP contribution is 2.17. The average molecular weight is 1020 g/mol. The van der Waals surface area contributed by atoms with E-state index < -0.39 is 6.10 Å². The number of hydrogen-bond donors (Lipinski definition) is 0. The molecule has 0 radical (unpaired) electrons. The molecule has 0 aromatic heterocycles. The molecule has 73 heavy (non-hydrogen) atoms. The quantitative estimate of drug-likeness (QED) is 0.0261. The van der Waals surface area contributed by atoms with E-state index in [2.05, 4.69) is 69.4 Å². The molecule has 0 spiro atoms. The summed E-state index contributed by atoms with van der Waals surface area (Å²) >= 11 is 0. The summed E-state index contributed by atoms with van der Waals surface area (Å²) in [6.07, 6.45) is 76.8. The Balaban J connectivity index is 4.37. The number of esters is 3. The van der Waals surface area contributed by atoms with E-state index in [1.54, 1.807) is 0 Å². The van der Waals surface area contributed by atoms with Gasteiger partial charge in [-0.05, 0) is 70.6 Å². The summed E-state index contributed by atoms with van der Waals surface area (Å²) < 4.78 is 16.9. The van der Waals surface area contributed by atoms with Crippen molar-refractivity contribution in [2.75, 3.05) is 13.2 Å². The molecule has 0 aliphatic carbocycles. The van der Waals surface area contributed by atoms with Gasteiger partial charge >= 0.3 is 17.9 Å². The number of unbranched alkanes of at least 4 members (excludes halogenated alkanes) is 42. The average Bonchev–Trinajstić information content (AvgIpc) is 3.39. The highest BCUT2D eigenvalue weighted by molar-refractivity contribution is 5.71. The van der Waals surface area contributed by atoms with Crippen LogP contribution in [-0.2, 0) is 28.6 Å². The molecule has 6 heteroatoms. The van der Waals surface area contributed by atoms with Crippen molar-refractivity contribution in [2.24, 2.45) is 0 Å². The Morgan fingerprint density at radius 3 is 0.753 bits per heavy atom. The largest absolute Gasteiger partial charge is 0.462 e. The maximum atomic E-state index is 12.9. The van der Waals surface area contributed by atoms with Crippen molar-refractivity contribution in [3.05, 3.63) is 48.6 Å². The van der Waals surface area contributed by atoms with Crippen molar-refractivity contribution in [2.45, 2.75) is 348 Å². The molecule has 426 valence electrons. The first-order valence-electron chi connectivity index (χ1n) is 32.2. The Bertz CT molecular complexity index is 1270. The topological polar surface area (TPSA) is 78.9 Å². The number of rotatable bonds is 59. The molecule has 0 N–H and O–H groups in total. The maximum absolute atomic E-state index is 12.9. The SMILES string of the molecule is CCCCC/C=C\C=C/CCCCCCCCCCCCC(=O)OCC(COC(=O)CCCCCCCCCCCCCCCCCCCC)OC(=O)CCCCCCC/C=C\C=C/CCCCCCCCC. The fraction of sp³-hybridized carbons (Fsp3) is 0.836. The molecule has 0 aromatic carbocycles. The van der Waals surface area contributed by atoms with Gasteiger partial charge in [0.1, 0.15) is 13.2 Å². The third-order valence-corrected chi connectivity index (χ3v) is 14.4. The fourth-order valence-electron chi connectivity index (χ4n) is 9.49. The highest BCUT2D eigenvalue weighted by Gasteiger charge is 2.19. The predicted octanol–water partition coefficient (Wildman–Crippen LogP) is 21.8. The summed E-state index contributed by atoms with van der Waals surface area (Å²) in [5, 5.41) is 0. The van der Waals surface area contributed by atoms with E-state index in [4.69, 9.17) is 14.2 Å². The minimum atomic E-state index is -0.782. The van der Waals surface area contributed by atoms with Crippen molar-refractivity contribution in [3.8, 4) is 0 Å². The number of hydrogen-bond acceptors (Lipinski definition) is 6. The molecule has 1 unspecified atom stereocenters. The second-order valence-electron chi connectivity index (χ2n) is 21.7. The van der Waals surface area contributed by atoms with Crippen molar-refractivity contribution in [3.63, 3.8) is 0 Å². The molecule has 0 heterocycles. The van der Waals surface area contributed by atoms with Crippen LogP contribution < -0.4 is 0 Å². The van der Waals surface area contributed by atoms with E-state index >= 15 is 0 Å². The fourth-order valence-corrected chi connectivity index (χ4v) is 9.49. The van der Waals surface area contributed by atoms with E-state index in [9.17, 15) is 14.4 Å². The van der Waals surface area contributed by atoms with Crippen LogP contribution in [0.25, 0.3) is 0 Å². The van der Waals surface area contributed by atoms with Crippen LogP contribution in [-0.4, -0.2) is 37.2 Å². The molecule has 6 nitrogen and oxygen atoms in total. The second kappa shape index (κ2) is 61.9. The first-order valence-corrected chi connectivity index (χ1v) is 32.2. The minimum Gasteiger partial charge on any atom is -0.462 e. The molecular weight excluding hydrogens is 901 g/mol. The van der Waals surface area contributed by atoms with Crippen molar-refractivity contribution in [1.82, 2.24) is 0 Å². The summed E-state index contributed by atoms with van der Waals surface area (Å²) in [6, 6.07) is 0. The smallest absolute Gasteiger partial charge is 0.306 e. The Labute approximate surface area is 454 Å². The third kappa shape index (κ3) is 60.1. The van der Waals surface area contributed by atoms with Crippen LogP contribution in [0.5, 0.6) is 0 Å². The zero-order valence-corrected chi connectivity index (χ0v) is 48.9. The van der Waals surface area contributed by atoms with Crippen LogP contribution in [0.1, 0.15) is 342 Å². The number of allylic oxidation sites excluding steroid dienone is 8. The maximum Gasteiger partial charge on any atom is 0.306 e. The molecule has 0 saturated heterocycles. The molecule has 1 atom stereocenters. The standard InChI is InChI=1S/C67H122O6/c1-4-7-10-13-16-19-22-25-28-31-34-37-39-42-45-48-51-54-57-60-66(69)72-63-64(73-67(70)61-58-55-52-49-46-43-40-36-33-30-27-24-21-18-15-12-9-6-3)62-71-65(68)59-56-53-50-47-44-41-38-35-32-29-26-23-20-17-14-11-8-5-2/h16,19,22,25,30,33,36,40,64H,4-15,17-18,20-21,23-24,26-29,31-32,34-35,37-39,41-63H2,1-3H3/b19-16-,25-22-,33-30-,40-36-. The lowest BCUT2D eigenvalue weighted by Gasteiger charge is -2.18. The molecule has 0 fully saturated rings. The van der Waals surface area contributed by atoms with E-state index in [0.29, 0.717) is 19.3 Å². The number of carbonyl (C=O) groups is 3. The Morgan fingerprint density at radius 2 is 0.479 bits per heavy atom. The Kier molecular flexibility index (Phi) is 59.7. The summed E-state index contributed by atoms with van der Waals surface area (Å²) in [5.74, 6) is -0.874. The van der Waals surface area contributed by atoms with E-state index in [1.165, 1.54) is 225 Å². The molecule has 0 amide bonds. The lowest BCUT2D eigenvalue weighted by atomic mass is 10.0. The van der Waals surface area contributed by atoms with Gasteiger partial charge in [-0.2, -0.15) is 0 Å². The molecule has 0 bridgehead atoms. The van der Waals surface area contributed by atoms with Crippen LogP contribution >= 0.6 is 0 Å². The van der Waals surface area contributed by atoms with Gasteiger partial charge in [-0.25, -0.2) is 0 Å². The molecule has 0 saturated carbocycles. The molecule has 0 rings (SSSR count). The van der Waals surface area contributed by atoms with Crippen LogP contribution in [0, 0.1) is 0 Å². The summed E-state index contributed by atoms with van der Waals surface area (Å²) in [6.45, 7) is 6.65. The predicted molar refractivity (Wildman–Crippen MR) is 316 cm³/mol. The van der Waals surface area contributed by atoms with Crippen LogP contribution in [0.15, 0.2) is 48.6 Å². The molecule has 0 aliphatic rings. The van der Waals surface area contributed by atoms with Gasteiger partial charge in [0.05, 0.1) is 0 Å². The second-order valence-corrected chi connectivity index (χ2v) is 21.7. The van der Waals surface area contributed by atoms with Gasteiger partial charge < -0.3 is 14.2 Å². The minimum absolute atomic E-state index is 0.0768. The van der Waals surface area contributed by atoms with Crippen LogP contribution in [0.2, 0.25) is 0 Å². The lowest BCUT2D eigenvalue weighted by molar-refractivity contribution is -0.167. The highest BCUT2D eigenvalue weighted by atomic mass is 16.6. The summed E-state index contributed by atoms with van der Waals surface area (Å²) in [5.41, 5.74) is 0. The van der Waals surface area contributed by atoms with Gasteiger partial charge in [0.15, 0.2) is 6.10 Å². The molecule has 0 aliphatic heterocycles. The van der Waals surface area contributed by atoms with Crippen molar-refractivity contribution in [1.29, 1.82) is 0 Å². The van der Waals surface area contributed by atoms with Gasteiger partial charge in [-0.3, -0.25) is 14.4 Å². The molecule has 0 aromatic rings. The van der Waals surface area contributed by atoms with Crippen LogP contribution in [0.3, 0.4) is 0 Å². The summed E-state index contributed by atoms with van der Waals surface area (Å²) in [4.78, 5) is 38.3. The van der Waals surface area contributed by atoms with E-state index in [-0.39, 0.29) is 31.1 Å². The molecular formula is C67H122O6. The van der Waals surface area contributed by atoms with Crippen molar-refractivity contribution < 1.29 is 28.6 Å². The first kappa shape index (κ1) is 70.4. The monoisotopic (exact) mass is 1020 g/mol. The Morgan fingerprint density at radius 1 is 0.274 bits per heavy atom. The zero-order valence-electron chi connectivity index (χ0n) is 48.9. The first-order chi connectivity index (χ1) is 36.0. The zero-order chi connectivity index (χ0) is 52.9. The van der Waals surface area contributed by atoms with Crippen molar-refractivity contribution >= 4 is 17.9 Å². The van der Waals surface area contributed by atoms with Gasteiger partial charge in [-0.1, -0.05) is 301 Å². The normalized spacial score (nSPS) is 12.3. The van der Waals surface area contributed by atoms with E-state index in [0.717, 1.165) is 77.0 Å². The van der Waals surface area contributed by atoms with Gasteiger partial charge in [0, 0.05) is 19.3 Å². The van der Waals surface area contributed by atoms with E-state index in [1.807, 2.05) is 0 Å². The summed E-state index contributed by atoms with van der Waals surface area (Å²) in [7, 11) is 0.